The quantitative estimate of drug-likeness (QED) is 0.682. The first kappa shape index (κ1) is 15.4. The number of aliphatic carboxylic acids is 1. The van der Waals surface area contributed by atoms with Crippen molar-refractivity contribution in [3.63, 3.8) is 0 Å². The number of hydrogen-bond acceptors (Lipinski definition) is 3. The van der Waals surface area contributed by atoms with Crippen LogP contribution in [0.25, 0.3) is 0 Å². The SMILES string of the molecule is CC(CC(=O)O)C(=O)Nc1ccc(I)cc1C(=O)O. The van der Waals surface area contributed by atoms with E-state index in [-0.39, 0.29) is 17.7 Å². The molecule has 19 heavy (non-hydrogen) atoms. The van der Waals surface area contributed by atoms with Gasteiger partial charge in [-0.1, -0.05) is 6.92 Å². The van der Waals surface area contributed by atoms with Crippen molar-refractivity contribution in [2.45, 2.75) is 13.3 Å². The van der Waals surface area contributed by atoms with Gasteiger partial charge in [0.05, 0.1) is 17.7 Å². The summed E-state index contributed by atoms with van der Waals surface area (Å²) < 4.78 is 0.728. The molecule has 6 nitrogen and oxygen atoms in total. The van der Waals surface area contributed by atoms with Gasteiger partial charge >= 0.3 is 11.9 Å². The summed E-state index contributed by atoms with van der Waals surface area (Å²) in [7, 11) is 0. The lowest BCUT2D eigenvalue weighted by Gasteiger charge is -2.12. The van der Waals surface area contributed by atoms with Crippen LogP contribution in [-0.4, -0.2) is 28.1 Å². The number of benzene rings is 1. The number of hydrogen-bond donors (Lipinski definition) is 3. The first-order valence-corrected chi connectivity index (χ1v) is 6.44. The van der Waals surface area contributed by atoms with Crippen LogP contribution in [0.3, 0.4) is 0 Å². The van der Waals surface area contributed by atoms with Crippen molar-refractivity contribution in [3.05, 3.63) is 27.3 Å². The molecular weight excluding hydrogens is 365 g/mol. The van der Waals surface area contributed by atoms with E-state index in [2.05, 4.69) is 5.32 Å². The Morgan fingerprint density at radius 3 is 2.47 bits per heavy atom. The monoisotopic (exact) mass is 377 g/mol. The molecule has 1 aromatic carbocycles. The minimum Gasteiger partial charge on any atom is -0.481 e. The van der Waals surface area contributed by atoms with Crippen LogP contribution in [0.15, 0.2) is 18.2 Å². The van der Waals surface area contributed by atoms with Crippen LogP contribution >= 0.6 is 22.6 Å². The molecule has 102 valence electrons. The first-order valence-electron chi connectivity index (χ1n) is 5.36. The van der Waals surface area contributed by atoms with E-state index in [0.29, 0.717) is 0 Å². The maximum atomic E-state index is 11.7. The predicted octanol–water partition coefficient (Wildman–Crippen LogP) is 2.04. The Kier molecular flexibility index (Phi) is 5.28. The fourth-order valence-electron chi connectivity index (χ4n) is 1.41. The molecule has 0 heterocycles. The second-order valence-electron chi connectivity index (χ2n) is 3.98. The average Bonchev–Trinajstić information content (AvgIpc) is 2.30. The zero-order valence-electron chi connectivity index (χ0n) is 10.0. The van der Waals surface area contributed by atoms with Gasteiger partial charge in [0.1, 0.15) is 0 Å². The second-order valence-corrected chi connectivity index (χ2v) is 5.23. The van der Waals surface area contributed by atoms with Gasteiger partial charge in [-0.2, -0.15) is 0 Å². The van der Waals surface area contributed by atoms with Gasteiger partial charge in [-0.05, 0) is 40.8 Å². The molecule has 0 fully saturated rings. The molecule has 1 aromatic rings. The van der Waals surface area contributed by atoms with Gasteiger partial charge in [0.25, 0.3) is 0 Å². The van der Waals surface area contributed by atoms with Crippen LogP contribution in [0.1, 0.15) is 23.7 Å². The van der Waals surface area contributed by atoms with Crippen molar-refractivity contribution in [1.82, 2.24) is 0 Å². The normalized spacial score (nSPS) is 11.7. The molecule has 1 unspecified atom stereocenters. The smallest absolute Gasteiger partial charge is 0.337 e. The third kappa shape index (κ3) is 4.51. The average molecular weight is 377 g/mol. The van der Waals surface area contributed by atoms with Crippen LogP contribution < -0.4 is 5.32 Å². The van der Waals surface area contributed by atoms with Crippen molar-refractivity contribution in [3.8, 4) is 0 Å². The summed E-state index contributed by atoms with van der Waals surface area (Å²) in [5.41, 5.74) is 0.137. The van der Waals surface area contributed by atoms with Gasteiger partial charge in [-0.3, -0.25) is 9.59 Å². The minimum atomic E-state index is -1.15. The van der Waals surface area contributed by atoms with Crippen molar-refractivity contribution in [2.75, 3.05) is 5.32 Å². The summed E-state index contributed by atoms with van der Waals surface area (Å²) in [5, 5.41) is 20.1. The molecule has 1 atom stereocenters. The molecule has 0 saturated heterocycles. The summed E-state index contributed by atoms with van der Waals surface area (Å²) in [6.45, 7) is 1.47. The number of carbonyl (C=O) groups is 3. The lowest BCUT2D eigenvalue weighted by molar-refractivity contribution is -0.139. The third-order valence-corrected chi connectivity index (χ3v) is 3.07. The van der Waals surface area contributed by atoms with Gasteiger partial charge in [0.2, 0.25) is 5.91 Å². The van der Waals surface area contributed by atoms with Gasteiger partial charge < -0.3 is 15.5 Å². The standard InChI is InChI=1S/C12H12INO5/c1-6(4-10(15)16)11(17)14-9-3-2-7(13)5-8(9)12(18)19/h2-3,5-6H,4H2,1H3,(H,14,17)(H,15,16)(H,18,19). The van der Waals surface area contributed by atoms with Crippen molar-refractivity contribution < 1.29 is 24.6 Å². The highest BCUT2D eigenvalue weighted by Gasteiger charge is 2.19. The second kappa shape index (κ2) is 6.50. The molecule has 0 aliphatic rings. The fourth-order valence-corrected chi connectivity index (χ4v) is 1.90. The first-order chi connectivity index (χ1) is 8.81. The minimum absolute atomic E-state index is 0.0252. The number of nitrogens with one attached hydrogen (secondary N) is 1. The van der Waals surface area contributed by atoms with Gasteiger partial charge in [0, 0.05) is 9.49 Å². The van der Waals surface area contributed by atoms with E-state index in [4.69, 9.17) is 10.2 Å². The fraction of sp³-hybridized carbons (Fsp3) is 0.250. The topological polar surface area (TPSA) is 104 Å². The Hall–Kier alpha value is -1.64. The van der Waals surface area contributed by atoms with Crippen molar-refractivity contribution >= 4 is 46.1 Å². The molecular formula is C12H12INO5. The molecule has 7 heteroatoms. The van der Waals surface area contributed by atoms with Crippen molar-refractivity contribution in [2.24, 2.45) is 5.92 Å². The number of carboxylic acids is 2. The molecule has 0 saturated carbocycles. The van der Waals surface area contributed by atoms with E-state index in [0.717, 1.165) is 3.57 Å². The van der Waals surface area contributed by atoms with E-state index in [1.165, 1.54) is 19.1 Å². The number of carboxylic acid groups (broad SMARTS) is 2. The zero-order chi connectivity index (χ0) is 14.6. The Morgan fingerprint density at radius 1 is 1.32 bits per heavy atom. The molecule has 3 N–H and O–H groups in total. The number of anilines is 1. The van der Waals surface area contributed by atoms with Gasteiger partial charge in [-0.25, -0.2) is 4.79 Å². The third-order valence-electron chi connectivity index (χ3n) is 2.40. The highest BCUT2D eigenvalue weighted by Crippen LogP contribution is 2.20. The van der Waals surface area contributed by atoms with E-state index in [9.17, 15) is 14.4 Å². The summed E-state index contributed by atoms with van der Waals surface area (Å²) >= 11 is 1.96. The van der Waals surface area contributed by atoms with Crippen LogP contribution in [0.4, 0.5) is 5.69 Å². The highest BCUT2D eigenvalue weighted by atomic mass is 127. The molecule has 0 spiro atoms. The largest absolute Gasteiger partial charge is 0.481 e. The number of rotatable bonds is 5. The molecule has 0 aliphatic heterocycles. The maximum absolute atomic E-state index is 11.7. The highest BCUT2D eigenvalue weighted by molar-refractivity contribution is 14.1. The van der Waals surface area contributed by atoms with Crippen LogP contribution in [0.5, 0.6) is 0 Å². The molecule has 1 amide bonds. The van der Waals surface area contributed by atoms with E-state index >= 15 is 0 Å². The number of carbonyl (C=O) groups excluding carboxylic acids is 1. The molecule has 0 aliphatic carbocycles. The predicted molar refractivity (Wildman–Crippen MR) is 76.2 cm³/mol. The Bertz CT molecular complexity index is 529. The Morgan fingerprint density at radius 2 is 1.95 bits per heavy atom. The molecule has 1 rings (SSSR count). The van der Waals surface area contributed by atoms with Crippen LogP contribution in [0, 0.1) is 9.49 Å². The lowest BCUT2D eigenvalue weighted by Crippen LogP contribution is -2.23. The van der Waals surface area contributed by atoms with E-state index < -0.39 is 23.8 Å². The Balaban J connectivity index is 2.90. The summed E-state index contributed by atoms with van der Waals surface area (Å²) in [6, 6.07) is 4.57. The molecule has 0 bridgehead atoms. The lowest BCUT2D eigenvalue weighted by atomic mass is 10.1. The van der Waals surface area contributed by atoms with Gasteiger partial charge in [-0.15, -0.1) is 0 Å². The zero-order valence-corrected chi connectivity index (χ0v) is 12.2. The molecule has 0 radical (unpaired) electrons. The number of aromatic carboxylic acids is 1. The maximum Gasteiger partial charge on any atom is 0.337 e. The summed E-state index contributed by atoms with van der Waals surface area (Å²) in [5.74, 6) is -3.49. The van der Waals surface area contributed by atoms with Gasteiger partial charge in [0.15, 0.2) is 0 Å². The van der Waals surface area contributed by atoms with E-state index in [1.807, 2.05) is 22.6 Å². The van der Waals surface area contributed by atoms with Crippen molar-refractivity contribution in [1.29, 1.82) is 0 Å². The van der Waals surface area contributed by atoms with Crippen LogP contribution in [0.2, 0.25) is 0 Å². The molecule has 0 aromatic heterocycles. The summed E-state index contributed by atoms with van der Waals surface area (Å²) in [6.07, 6.45) is -0.307. The number of amides is 1. The van der Waals surface area contributed by atoms with E-state index in [1.54, 1.807) is 6.07 Å². The summed E-state index contributed by atoms with van der Waals surface area (Å²) in [4.78, 5) is 33.3. The number of halogens is 1. The Labute approximate surface area is 123 Å². The van der Waals surface area contributed by atoms with Crippen LogP contribution in [-0.2, 0) is 9.59 Å².